The molecule has 1 aromatic rings. The number of aliphatic carboxylic acids is 2. The number of carboxylic acid groups (broad SMARTS) is 2. The third kappa shape index (κ3) is 22.7. The van der Waals surface area contributed by atoms with Crippen molar-refractivity contribution in [1.29, 1.82) is 5.41 Å². The Morgan fingerprint density at radius 3 is 1.89 bits per heavy atom. The Bertz CT molecular complexity index is 2380. The van der Waals surface area contributed by atoms with E-state index >= 15 is 0 Å². The van der Waals surface area contributed by atoms with E-state index < -0.39 is 150 Å². The molecule has 85 heavy (non-hydrogen) atoms. The maximum atomic E-state index is 14.0. The van der Waals surface area contributed by atoms with Gasteiger partial charge in [0.15, 0.2) is 18.5 Å². The Morgan fingerprint density at radius 2 is 1.33 bits per heavy atom. The molecule has 1 aromatic heterocycles. The van der Waals surface area contributed by atoms with Gasteiger partial charge in [0.05, 0.1) is 12.1 Å². The van der Waals surface area contributed by atoms with Crippen molar-refractivity contribution in [1.82, 2.24) is 57.4 Å². The monoisotopic (exact) mass is 1210 g/mol. The minimum atomic E-state index is -1.96. The summed E-state index contributed by atoms with van der Waals surface area (Å²) in [4.78, 5) is 106. The highest BCUT2D eigenvalue weighted by Crippen LogP contribution is 2.35. The minimum absolute atomic E-state index is 0.0482. The van der Waals surface area contributed by atoms with Crippen molar-refractivity contribution in [3.8, 4) is 0 Å². The molecule has 6 amide bonds. The van der Waals surface area contributed by atoms with Crippen LogP contribution < -0.4 is 59.1 Å². The van der Waals surface area contributed by atoms with Crippen LogP contribution in [0.3, 0.4) is 0 Å². The number of aromatic nitrogens is 2. The number of amides is 6. The van der Waals surface area contributed by atoms with Crippen LogP contribution in [0.5, 0.6) is 0 Å². The summed E-state index contributed by atoms with van der Waals surface area (Å²) in [7, 11) is 1.22. The molecular weight excluding hydrogens is 1120 g/mol. The second-order valence-electron chi connectivity index (χ2n) is 22.7. The maximum absolute atomic E-state index is 14.0. The molecule has 0 bridgehead atoms. The lowest BCUT2D eigenvalue weighted by Gasteiger charge is -2.34. The number of rotatable bonds is 39. The first-order valence-corrected chi connectivity index (χ1v) is 30.0. The molecule has 8 unspecified atom stereocenters. The van der Waals surface area contributed by atoms with Gasteiger partial charge in [0.2, 0.25) is 11.8 Å². The Balaban J connectivity index is 1.41. The summed E-state index contributed by atoms with van der Waals surface area (Å²) in [6, 6.07) is -7.85. The molecule has 15 atom stereocenters. The third-order valence-corrected chi connectivity index (χ3v) is 15.4. The Kier molecular flexibility index (Phi) is 31.0. The van der Waals surface area contributed by atoms with Gasteiger partial charge in [0.25, 0.3) is 5.56 Å². The normalized spacial score (nSPS) is 24.3. The molecule has 0 aromatic carbocycles. The quantitative estimate of drug-likeness (QED) is 0.0357. The van der Waals surface area contributed by atoms with E-state index in [1.165, 1.54) is 71.3 Å². The molecule has 0 aliphatic carbocycles. The van der Waals surface area contributed by atoms with Gasteiger partial charge in [-0.05, 0) is 37.6 Å². The Labute approximate surface area is 495 Å². The number of aromatic amines is 1. The molecule has 484 valence electrons. The second-order valence-corrected chi connectivity index (χ2v) is 22.7. The molecule has 17 N–H and O–H groups in total. The first-order valence-electron chi connectivity index (χ1n) is 30.0. The molecule has 3 aliphatic heterocycles. The van der Waals surface area contributed by atoms with E-state index in [-0.39, 0.29) is 45.0 Å². The van der Waals surface area contributed by atoms with Crippen LogP contribution in [0.15, 0.2) is 21.9 Å². The highest BCUT2D eigenvalue weighted by molar-refractivity contribution is 5.94. The van der Waals surface area contributed by atoms with Crippen LogP contribution >= 0.6 is 0 Å². The van der Waals surface area contributed by atoms with Crippen molar-refractivity contribution >= 4 is 41.8 Å². The van der Waals surface area contributed by atoms with Crippen LogP contribution in [0.25, 0.3) is 0 Å². The van der Waals surface area contributed by atoms with Crippen LogP contribution in [0.1, 0.15) is 144 Å². The zero-order valence-corrected chi connectivity index (χ0v) is 49.8. The smallest absolute Gasteiger partial charge is 0.330 e. The molecular formula is C55H96N12O18. The number of unbranched alkanes of at least 4 members (excludes halogenated alkanes) is 13. The van der Waals surface area contributed by atoms with Crippen molar-refractivity contribution in [2.45, 2.75) is 229 Å². The first-order chi connectivity index (χ1) is 40.5. The molecule has 3 fully saturated rings. The lowest BCUT2D eigenvalue weighted by atomic mass is 9.97. The molecule has 30 heteroatoms. The van der Waals surface area contributed by atoms with Gasteiger partial charge in [-0.25, -0.2) is 19.2 Å². The van der Waals surface area contributed by atoms with Crippen molar-refractivity contribution < 1.29 is 78.4 Å². The number of carboxylic acids is 2. The zero-order valence-electron chi connectivity index (χ0n) is 49.8. The molecule has 0 radical (unpaired) electrons. The minimum Gasteiger partial charge on any atom is -0.480 e. The molecule has 30 nitrogen and oxygen atoms in total. The van der Waals surface area contributed by atoms with Crippen LogP contribution in [0, 0.1) is 17.2 Å². The first kappa shape index (κ1) is 71.5. The van der Waals surface area contributed by atoms with Crippen LogP contribution in [0.2, 0.25) is 0 Å². The van der Waals surface area contributed by atoms with Gasteiger partial charge < -0.3 is 97.4 Å². The molecule has 4 heterocycles. The SMILES string of the molecule is CCCCCCCCCCCCCCCCNC(=O)NC[C@H]1OC(OC(C(NCCCNC(=O)C(NC(=O)C(NC(=O)NC(C(=O)O)C(C)C)C2CCNC(=N)N2)C(O)C(C)C)C(=O)O)[C@@H]2O[C@@H](n3ccc(=O)[nH]c3=O)[C@H](O)[C@H]2O)[C@@H](OC)[C@H]1O. The second kappa shape index (κ2) is 36.9. The Hall–Kier alpha value is -5.99. The van der Waals surface area contributed by atoms with Gasteiger partial charge in [-0.3, -0.25) is 34.1 Å². The van der Waals surface area contributed by atoms with Crippen molar-refractivity contribution in [3.63, 3.8) is 0 Å². The van der Waals surface area contributed by atoms with Gasteiger partial charge in [-0.1, -0.05) is 118 Å². The number of nitrogens with one attached hydrogen (secondary N) is 11. The van der Waals surface area contributed by atoms with E-state index in [9.17, 15) is 69.0 Å². The number of carbonyl (C=O) groups is 6. The van der Waals surface area contributed by atoms with Gasteiger partial charge in [0, 0.05) is 45.6 Å². The Morgan fingerprint density at radius 1 is 0.718 bits per heavy atom. The highest BCUT2D eigenvalue weighted by atomic mass is 16.7. The summed E-state index contributed by atoms with van der Waals surface area (Å²) in [6.07, 6.45) is 1.55. The van der Waals surface area contributed by atoms with Gasteiger partial charge in [-0.2, -0.15) is 0 Å². The molecule has 3 aliphatic rings. The average molecular weight is 1210 g/mol. The number of hydrogen-bond donors (Lipinski definition) is 17. The lowest BCUT2D eigenvalue weighted by Crippen LogP contribution is -2.67. The van der Waals surface area contributed by atoms with E-state index in [1.807, 2.05) is 4.98 Å². The number of ether oxygens (including phenoxy) is 4. The van der Waals surface area contributed by atoms with Gasteiger partial charge >= 0.3 is 29.7 Å². The fourth-order valence-corrected chi connectivity index (χ4v) is 10.4. The summed E-state index contributed by atoms with van der Waals surface area (Å²) in [5, 5.41) is 97.4. The number of aliphatic hydroxyl groups excluding tert-OH is 4. The van der Waals surface area contributed by atoms with Crippen LogP contribution in [0.4, 0.5) is 9.59 Å². The number of methoxy groups -OCH3 is 1. The number of urea groups is 2. The summed E-state index contributed by atoms with van der Waals surface area (Å²) >= 11 is 0. The van der Waals surface area contributed by atoms with Crippen molar-refractivity contribution in [2.24, 2.45) is 11.8 Å². The fraction of sp³-hybridized carbons (Fsp3) is 0.800. The predicted molar refractivity (Wildman–Crippen MR) is 308 cm³/mol. The number of hydrogen-bond acceptors (Lipinski definition) is 18. The predicted octanol–water partition coefficient (Wildman–Crippen LogP) is -0.864. The summed E-state index contributed by atoms with van der Waals surface area (Å²) in [6.45, 7) is 8.45. The molecule has 0 saturated carbocycles. The summed E-state index contributed by atoms with van der Waals surface area (Å²) in [5.41, 5.74) is -1.81. The van der Waals surface area contributed by atoms with E-state index in [4.69, 9.17) is 24.4 Å². The molecule has 4 rings (SSSR count). The molecule has 0 spiro atoms. The third-order valence-electron chi connectivity index (χ3n) is 15.4. The average Bonchev–Trinajstić information content (AvgIpc) is 2.10. The van der Waals surface area contributed by atoms with E-state index in [2.05, 4.69) is 54.8 Å². The van der Waals surface area contributed by atoms with E-state index in [0.717, 1.165) is 42.5 Å². The highest BCUT2D eigenvalue weighted by Gasteiger charge is 2.54. The van der Waals surface area contributed by atoms with Crippen LogP contribution in [-0.2, 0) is 38.1 Å². The number of carbonyl (C=O) groups excluding carboxylic acids is 4. The number of guanidine groups is 1. The largest absolute Gasteiger partial charge is 0.480 e. The van der Waals surface area contributed by atoms with Crippen LogP contribution in [-0.4, -0.2) is 207 Å². The maximum Gasteiger partial charge on any atom is 0.330 e. The van der Waals surface area contributed by atoms with Gasteiger partial charge in [-0.15, -0.1) is 0 Å². The van der Waals surface area contributed by atoms with E-state index in [0.29, 0.717) is 6.54 Å². The number of nitrogens with zero attached hydrogens (tertiary/aromatic N) is 1. The zero-order chi connectivity index (χ0) is 62.8. The summed E-state index contributed by atoms with van der Waals surface area (Å²) < 4.78 is 24.6. The molecule has 3 saturated heterocycles. The summed E-state index contributed by atoms with van der Waals surface area (Å²) in [5.74, 6) is -6.10. The lowest BCUT2D eigenvalue weighted by molar-refractivity contribution is -0.231. The van der Waals surface area contributed by atoms with Gasteiger partial charge in [0.1, 0.15) is 66.9 Å². The standard InChI is InChI=1S/C55H96N12O18/c1-7-8-9-10-11-12-13-14-15-16-17-18-19-20-24-60-53(79)61-29-33-40(70)45(82-6)51(83-33)85-43(44-41(71)42(72)48(84-44)67-28-23-34(68)63-55(67)81)38(50(77)78)57-25-21-26-58-46(73)37(39(69)31(4)5)64-47(74)36(32-22-27-59-52(56)62-32)66-54(80)65-35(30(2)3)49(75)76/h23,28,30-33,35-45,48,51,57,69-72H,7-22,24-27,29H2,1-6H3,(H,58,73)(H,64,74)(H,75,76)(H,77,78)(H3,56,59,62)(H2,60,61,79)(H,63,68,81)(H2,65,66,80)/t32?,33-,35?,36?,37?,38?,39?,40+,41-,42-,43?,44-,45+,48-,51?/m1/s1. The topological polar surface area (TPSA) is 448 Å². The van der Waals surface area contributed by atoms with E-state index in [1.54, 1.807) is 27.7 Å². The van der Waals surface area contributed by atoms with Crippen molar-refractivity contribution in [3.05, 3.63) is 33.1 Å². The number of aliphatic hydroxyl groups is 4. The number of H-pyrrole nitrogens is 1. The van der Waals surface area contributed by atoms with Crippen molar-refractivity contribution in [2.75, 3.05) is 39.8 Å². The fourth-order valence-electron chi connectivity index (χ4n) is 10.4.